The highest BCUT2D eigenvalue weighted by atomic mass is 16.5. The van der Waals surface area contributed by atoms with Crippen LogP contribution in [0.4, 0.5) is 4.79 Å². The monoisotopic (exact) mass is 222 g/mol. The zero-order chi connectivity index (χ0) is 11.6. The van der Waals surface area contributed by atoms with E-state index in [1.165, 1.54) is 0 Å². The minimum atomic E-state index is -0.123. The molecule has 0 fully saturated rings. The second-order valence-corrected chi connectivity index (χ2v) is 3.30. The van der Waals surface area contributed by atoms with Crippen LogP contribution in [0.15, 0.2) is 30.3 Å². The summed E-state index contributed by atoms with van der Waals surface area (Å²) in [5.41, 5.74) is 0. The molecule has 0 aliphatic heterocycles. The number of amides is 2. The van der Waals surface area contributed by atoms with E-state index in [9.17, 15) is 4.79 Å². The number of rotatable bonds is 6. The van der Waals surface area contributed by atoms with Crippen molar-refractivity contribution in [3.63, 3.8) is 0 Å². The maximum atomic E-state index is 11.0. The minimum Gasteiger partial charge on any atom is -0.494 e. The van der Waals surface area contributed by atoms with E-state index in [2.05, 4.69) is 10.6 Å². The Morgan fingerprint density at radius 3 is 2.69 bits per heavy atom. The van der Waals surface area contributed by atoms with E-state index in [0.29, 0.717) is 19.7 Å². The highest BCUT2D eigenvalue weighted by molar-refractivity contribution is 5.73. The van der Waals surface area contributed by atoms with Crippen LogP contribution in [0.25, 0.3) is 0 Å². The van der Waals surface area contributed by atoms with Crippen molar-refractivity contribution in [3.05, 3.63) is 30.3 Å². The summed E-state index contributed by atoms with van der Waals surface area (Å²) in [7, 11) is 0. The van der Waals surface area contributed by atoms with E-state index >= 15 is 0 Å². The van der Waals surface area contributed by atoms with E-state index < -0.39 is 0 Å². The fraction of sp³-hybridized carbons (Fsp3) is 0.417. The molecule has 0 unspecified atom stereocenters. The number of nitrogens with one attached hydrogen (secondary N) is 2. The summed E-state index contributed by atoms with van der Waals surface area (Å²) in [5.74, 6) is 0.862. The number of hydrogen-bond donors (Lipinski definition) is 2. The van der Waals surface area contributed by atoms with Gasteiger partial charge in [-0.25, -0.2) is 4.79 Å². The van der Waals surface area contributed by atoms with Crippen LogP contribution in [-0.4, -0.2) is 25.7 Å². The largest absolute Gasteiger partial charge is 0.494 e. The molecule has 0 aliphatic rings. The second kappa shape index (κ2) is 7.56. The van der Waals surface area contributed by atoms with Gasteiger partial charge in [0, 0.05) is 13.1 Å². The van der Waals surface area contributed by atoms with Gasteiger partial charge in [-0.3, -0.25) is 0 Å². The fourth-order valence-corrected chi connectivity index (χ4v) is 1.20. The molecule has 4 heteroatoms. The molecule has 88 valence electrons. The Hall–Kier alpha value is -1.71. The lowest BCUT2D eigenvalue weighted by molar-refractivity contribution is 0.239. The molecule has 0 bridgehead atoms. The van der Waals surface area contributed by atoms with Crippen molar-refractivity contribution < 1.29 is 9.53 Å². The minimum absolute atomic E-state index is 0.123. The van der Waals surface area contributed by atoms with Gasteiger partial charge in [0.2, 0.25) is 0 Å². The van der Waals surface area contributed by atoms with Gasteiger partial charge in [0.15, 0.2) is 0 Å². The molecule has 0 radical (unpaired) electrons. The predicted molar refractivity (Wildman–Crippen MR) is 63.6 cm³/mol. The van der Waals surface area contributed by atoms with E-state index in [0.717, 1.165) is 12.2 Å². The van der Waals surface area contributed by atoms with Crippen LogP contribution < -0.4 is 15.4 Å². The quantitative estimate of drug-likeness (QED) is 0.721. The van der Waals surface area contributed by atoms with Crippen LogP contribution in [0.2, 0.25) is 0 Å². The highest BCUT2D eigenvalue weighted by Gasteiger charge is 1.96. The molecule has 1 aromatic carbocycles. The van der Waals surface area contributed by atoms with Gasteiger partial charge in [-0.1, -0.05) is 18.2 Å². The summed E-state index contributed by atoms with van der Waals surface area (Å²) < 4.78 is 5.48. The van der Waals surface area contributed by atoms with E-state index in [-0.39, 0.29) is 6.03 Å². The first kappa shape index (κ1) is 12.4. The fourth-order valence-electron chi connectivity index (χ4n) is 1.20. The number of carbonyl (C=O) groups excluding carboxylic acids is 1. The van der Waals surface area contributed by atoms with E-state index in [1.54, 1.807) is 0 Å². The van der Waals surface area contributed by atoms with E-state index in [4.69, 9.17) is 4.74 Å². The summed E-state index contributed by atoms with van der Waals surface area (Å²) in [6.45, 7) is 3.76. The Balaban J connectivity index is 2.02. The molecule has 0 saturated carbocycles. The van der Waals surface area contributed by atoms with Gasteiger partial charge in [0.1, 0.15) is 5.75 Å². The first-order valence-corrected chi connectivity index (χ1v) is 5.52. The molecule has 0 saturated heterocycles. The molecule has 0 aromatic heterocycles. The average Bonchev–Trinajstić information content (AvgIpc) is 2.30. The third-order valence-electron chi connectivity index (χ3n) is 1.96. The van der Waals surface area contributed by atoms with Gasteiger partial charge in [-0.05, 0) is 25.5 Å². The van der Waals surface area contributed by atoms with Crippen molar-refractivity contribution in [1.29, 1.82) is 0 Å². The third-order valence-corrected chi connectivity index (χ3v) is 1.96. The van der Waals surface area contributed by atoms with Crippen molar-refractivity contribution in [2.45, 2.75) is 13.3 Å². The summed E-state index contributed by atoms with van der Waals surface area (Å²) in [6, 6.07) is 9.52. The maximum Gasteiger partial charge on any atom is 0.314 e. The summed E-state index contributed by atoms with van der Waals surface area (Å²) in [5, 5.41) is 5.40. The van der Waals surface area contributed by atoms with Gasteiger partial charge in [-0.15, -0.1) is 0 Å². The molecular weight excluding hydrogens is 204 g/mol. The maximum absolute atomic E-state index is 11.0. The molecule has 16 heavy (non-hydrogen) atoms. The van der Waals surface area contributed by atoms with Crippen molar-refractivity contribution >= 4 is 6.03 Å². The predicted octanol–water partition coefficient (Wildman–Crippen LogP) is 1.77. The molecule has 1 aromatic rings. The zero-order valence-electron chi connectivity index (χ0n) is 9.53. The van der Waals surface area contributed by atoms with Crippen molar-refractivity contribution in [1.82, 2.24) is 10.6 Å². The summed E-state index contributed by atoms with van der Waals surface area (Å²) >= 11 is 0. The summed E-state index contributed by atoms with van der Waals surface area (Å²) in [6.07, 6.45) is 0.798. The van der Waals surface area contributed by atoms with Crippen LogP contribution in [0.5, 0.6) is 5.75 Å². The first-order chi connectivity index (χ1) is 7.83. The second-order valence-electron chi connectivity index (χ2n) is 3.30. The Labute approximate surface area is 96.0 Å². The lowest BCUT2D eigenvalue weighted by atomic mass is 10.3. The number of urea groups is 1. The van der Waals surface area contributed by atoms with Gasteiger partial charge in [-0.2, -0.15) is 0 Å². The van der Waals surface area contributed by atoms with Gasteiger partial charge >= 0.3 is 6.03 Å². The smallest absolute Gasteiger partial charge is 0.314 e. The molecule has 0 aliphatic carbocycles. The SMILES string of the molecule is CCNC(=O)NCCCOc1ccccc1. The van der Waals surface area contributed by atoms with Crippen LogP contribution in [0.3, 0.4) is 0 Å². The molecular formula is C12H18N2O2. The Morgan fingerprint density at radius 2 is 2.00 bits per heavy atom. The van der Waals surface area contributed by atoms with Crippen molar-refractivity contribution in [2.24, 2.45) is 0 Å². The highest BCUT2D eigenvalue weighted by Crippen LogP contribution is 2.07. The van der Waals surface area contributed by atoms with Gasteiger partial charge in [0.05, 0.1) is 6.61 Å². The Bertz CT molecular complexity index is 301. The molecule has 0 atom stereocenters. The van der Waals surface area contributed by atoms with Crippen molar-refractivity contribution in [3.8, 4) is 5.75 Å². The Morgan fingerprint density at radius 1 is 1.25 bits per heavy atom. The topological polar surface area (TPSA) is 50.4 Å². The molecule has 0 spiro atoms. The lowest BCUT2D eigenvalue weighted by Gasteiger charge is -2.07. The molecule has 1 rings (SSSR count). The number of ether oxygens (including phenoxy) is 1. The molecule has 2 amide bonds. The normalized spacial score (nSPS) is 9.56. The van der Waals surface area contributed by atoms with Gasteiger partial charge in [0.25, 0.3) is 0 Å². The summed E-state index contributed by atoms with van der Waals surface area (Å²) in [4.78, 5) is 11.0. The Kier molecular flexibility index (Phi) is 5.84. The van der Waals surface area contributed by atoms with E-state index in [1.807, 2.05) is 37.3 Å². The van der Waals surface area contributed by atoms with Crippen LogP contribution >= 0.6 is 0 Å². The van der Waals surface area contributed by atoms with Crippen LogP contribution in [0.1, 0.15) is 13.3 Å². The molecule has 0 heterocycles. The molecule has 4 nitrogen and oxygen atoms in total. The first-order valence-electron chi connectivity index (χ1n) is 5.52. The third kappa shape index (κ3) is 5.24. The number of carbonyl (C=O) groups is 1. The number of hydrogen-bond acceptors (Lipinski definition) is 2. The standard InChI is InChI=1S/C12H18N2O2/c1-2-13-12(15)14-9-6-10-16-11-7-4-3-5-8-11/h3-5,7-8H,2,6,9-10H2,1H3,(H2,13,14,15). The van der Waals surface area contributed by atoms with Crippen LogP contribution in [-0.2, 0) is 0 Å². The van der Waals surface area contributed by atoms with Crippen molar-refractivity contribution in [2.75, 3.05) is 19.7 Å². The average molecular weight is 222 g/mol. The van der Waals surface area contributed by atoms with Gasteiger partial charge < -0.3 is 15.4 Å². The number of para-hydroxylation sites is 1. The number of benzene rings is 1. The zero-order valence-corrected chi connectivity index (χ0v) is 9.53. The van der Waals surface area contributed by atoms with Crippen LogP contribution in [0, 0.1) is 0 Å². The molecule has 2 N–H and O–H groups in total. The lowest BCUT2D eigenvalue weighted by Crippen LogP contribution is -2.36.